The van der Waals surface area contributed by atoms with Gasteiger partial charge in [-0.25, -0.2) is 13.1 Å². The summed E-state index contributed by atoms with van der Waals surface area (Å²) in [6.07, 6.45) is 0. The Hall–Kier alpha value is -2.89. The van der Waals surface area contributed by atoms with Crippen LogP contribution in [-0.2, 0) is 14.8 Å². The lowest BCUT2D eigenvalue weighted by molar-refractivity contribution is -0.116. The van der Waals surface area contributed by atoms with Crippen molar-refractivity contribution >= 4 is 54.4 Å². The summed E-state index contributed by atoms with van der Waals surface area (Å²) in [6.45, 7) is 1.40. The Morgan fingerprint density at radius 2 is 1.87 bits per heavy atom. The first kappa shape index (κ1) is 22.8. The molecule has 11 heteroatoms. The molecule has 0 saturated heterocycles. The number of anilines is 1. The number of hydrogen-bond acceptors (Lipinski definition) is 5. The van der Waals surface area contributed by atoms with Gasteiger partial charge < -0.3 is 20.4 Å². The van der Waals surface area contributed by atoms with Gasteiger partial charge in [-0.1, -0.05) is 15.9 Å². The Kier molecular flexibility index (Phi) is 6.68. The molecule has 1 aromatic heterocycles. The van der Waals surface area contributed by atoms with Gasteiger partial charge in [0.1, 0.15) is 16.3 Å². The summed E-state index contributed by atoms with van der Waals surface area (Å²) in [6, 6.07) is 11.8. The minimum atomic E-state index is -4.11. The number of nitrogens with two attached hydrogens (primary N) is 1. The third kappa shape index (κ3) is 4.89. The molecule has 2 aromatic carbocycles. The van der Waals surface area contributed by atoms with Crippen LogP contribution in [-0.4, -0.2) is 45.4 Å². The molecule has 2 amide bonds. The summed E-state index contributed by atoms with van der Waals surface area (Å²) in [5.74, 6) is -0.507. The molecule has 0 spiro atoms. The number of fused-ring (bicyclic) bond motifs is 1. The molecule has 31 heavy (non-hydrogen) atoms. The SMILES string of the molecule is COc1ccc(N(CCNS(=O)(=O)c2c(C(N)=O)[nH]c3ccc(Br)cc23)C(C)=O)cc1. The van der Waals surface area contributed by atoms with Gasteiger partial charge in [0.15, 0.2) is 0 Å². The van der Waals surface area contributed by atoms with Crippen LogP contribution in [0, 0.1) is 0 Å². The van der Waals surface area contributed by atoms with E-state index in [1.54, 1.807) is 42.5 Å². The number of hydrogen-bond donors (Lipinski definition) is 3. The first-order chi connectivity index (χ1) is 14.6. The minimum absolute atomic E-state index is 0.0766. The van der Waals surface area contributed by atoms with E-state index in [0.717, 1.165) is 0 Å². The number of carbonyl (C=O) groups is 2. The molecule has 0 unspecified atom stereocenters. The maximum atomic E-state index is 13.0. The highest BCUT2D eigenvalue weighted by Crippen LogP contribution is 2.29. The molecular weight excluding hydrogens is 488 g/mol. The molecule has 0 saturated carbocycles. The van der Waals surface area contributed by atoms with Gasteiger partial charge >= 0.3 is 0 Å². The highest BCUT2D eigenvalue weighted by atomic mass is 79.9. The van der Waals surface area contributed by atoms with Gasteiger partial charge in [-0.15, -0.1) is 0 Å². The topological polar surface area (TPSA) is 135 Å². The summed E-state index contributed by atoms with van der Waals surface area (Å²) in [7, 11) is -2.57. The third-order valence-electron chi connectivity index (χ3n) is 4.62. The normalized spacial score (nSPS) is 11.5. The van der Waals surface area contributed by atoms with Gasteiger partial charge in [0.25, 0.3) is 5.91 Å². The number of aromatic nitrogens is 1. The molecule has 9 nitrogen and oxygen atoms in total. The molecule has 0 bridgehead atoms. The fourth-order valence-electron chi connectivity index (χ4n) is 3.19. The Morgan fingerprint density at radius 1 is 1.19 bits per heavy atom. The van der Waals surface area contributed by atoms with E-state index in [2.05, 4.69) is 25.6 Å². The van der Waals surface area contributed by atoms with Crippen molar-refractivity contribution < 1.29 is 22.7 Å². The maximum absolute atomic E-state index is 13.0. The van der Waals surface area contributed by atoms with Crippen LogP contribution in [0.2, 0.25) is 0 Å². The van der Waals surface area contributed by atoms with Crippen molar-refractivity contribution in [2.45, 2.75) is 11.8 Å². The van der Waals surface area contributed by atoms with Crippen molar-refractivity contribution in [2.75, 3.05) is 25.1 Å². The van der Waals surface area contributed by atoms with Gasteiger partial charge in [0.2, 0.25) is 15.9 Å². The van der Waals surface area contributed by atoms with Crippen molar-refractivity contribution in [1.82, 2.24) is 9.71 Å². The van der Waals surface area contributed by atoms with Crippen molar-refractivity contribution in [2.24, 2.45) is 5.73 Å². The zero-order valence-corrected chi connectivity index (χ0v) is 19.2. The number of sulfonamides is 1. The molecule has 3 rings (SSSR count). The van der Waals surface area contributed by atoms with E-state index < -0.39 is 15.9 Å². The minimum Gasteiger partial charge on any atom is -0.497 e. The average Bonchev–Trinajstić information content (AvgIpc) is 3.11. The predicted octanol–water partition coefficient (Wildman–Crippen LogP) is 2.37. The van der Waals surface area contributed by atoms with E-state index in [9.17, 15) is 18.0 Å². The van der Waals surface area contributed by atoms with E-state index in [1.807, 2.05) is 0 Å². The Morgan fingerprint density at radius 3 is 2.45 bits per heavy atom. The lowest BCUT2D eigenvalue weighted by Crippen LogP contribution is -2.38. The van der Waals surface area contributed by atoms with Gasteiger partial charge in [-0.3, -0.25) is 9.59 Å². The van der Waals surface area contributed by atoms with E-state index in [4.69, 9.17) is 10.5 Å². The van der Waals surface area contributed by atoms with Crippen molar-refractivity contribution in [3.8, 4) is 5.75 Å². The van der Waals surface area contributed by atoms with Crippen LogP contribution in [0.5, 0.6) is 5.75 Å². The maximum Gasteiger partial charge on any atom is 0.266 e. The predicted molar refractivity (Wildman–Crippen MR) is 121 cm³/mol. The fourth-order valence-corrected chi connectivity index (χ4v) is 4.93. The molecule has 0 aliphatic carbocycles. The number of aromatic amines is 1. The van der Waals surface area contributed by atoms with E-state index in [1.165, 1.54) is 18.9 Å². The van der Waals surface area contributed by atoms with Crippen LogP contribution in [0.25, 0.3) is 10.9 Å². The van der Waals surface area contributed by atoms with Crippen LogP contribution < -0.4 is 20.1 Å². The monoisotopic (exact) mass is 508 g/mol. The fraction of sp³-hybridized carbons (Fsp3) is 0.200. The number of H-pyrrole nitrogens is 1. The standard InChI is InChI=1S/C20H21BrN4O5S/c1-12(26)25(14-4-6-15(30-2)7-5-14)10-9-23-31(28,29)19-16-11-13(21)3-8-17(16)24-18(19)20(22)27/h3-8,11,23-24H,9-10H2,1-2H3,(H2,22,27). The smallest absolute Gasteiger partial charge is 0.266 e. The number of rotatable bonds is 8. The molecule has 4 N–H and O–H groups in total. The Bertz CT molecular complexity index is 1240. The molecule has 0 radical (unpaired) electrons. The van der Waals surface area contributed by atoms with E-state index >= 15 is 0 Å². The summed E-state index contributed by atoms with van der Waals surface area (Å²) in [4.78, 5) is 27.9. The quantitative estimate of drug-likeness (QED) is 0.429. The molecule has 0 aliphatic rings. The lowest BCUT2D eigenvalue weighted by Gasteiger charge is -2.21. The van der Waals surface area contributed by atoms with Crippen molar-refractivity contribution in [1.29, 1.82) is 0 Å². The van der Waals surface area contributed by atoms with Crippen LogP contribution in [0.1, 0.15) is 17.4 Å². The summed E-state index contributed by atoms with van der Waals surface area (Å²) in [5.41, 5.74) is 6.24. The van der Waals surface area contributed by atoms with Crippen molar-refractivity contribution in [3.63, 3.8) is 0 Å². The lowest BCUT2D eigenvalue weighted by atomic mass is 10.2. The molecule has 0 aliphatic heterocycles. The van der Waals surface area contributed by atoms with Gasteiger partial charge in [0, 0.05) is 41.1 Å². The first-order valence-corrected chi connectivity index (χ1v) is 11.4. The Balaban J connectivity index is 1.85. The first-order valence-electron chi connectivity index (χ1n) is 9.17. The third-order valence-corrected chi connectivity index (χ3v) is 6.66. The number of halogens is 1. The largest absolute Gasteiger partial charge is 0.497 e. The molecule has 1 heterocycles. The van der Waals surface area contributed by atoms with Crippen LogP contribution in [0.4, 0.5) is 5.69 Å². The molecule has 3 aromatic rings. The second-order valence-corrected chi connectivity index (χ2v) is 9.27. The van der Waals surface area contributed by atoms with Crippen LogP contribution >= 0.6 is 15.9 Å². The second kappa shape index (κ2) is 9.08. The number of benzene rings is 2. The summed E-state index contributed by atoms with van der Waals surface area (Å²) in [5, 5.41) is 0.328. The molecule has 0 fully saturated rings. The van der Waals surface area contributed by atoms with Gasteiger partial charge in [-0.2, -0.15) is 0 Å². The zero-order valence-electron chi connectivity index (χ0n) is 16.8. The highest BCUT2D eigenvalue weighted by molar-refractivity contribution is 9.10. The number of nitrogens with one attached hydrogen (secondary N) is 2. The van der Waals surface area contributed by atoms with E-state index in [0.29, 0.717) is 26.8 Å². The van der Waals surface area contributed by atoms with Crippen molar-refractivity contribution in [3.05, 3.63) is 52.6 Å². The van der Waals surface area contributed by atoms with Crippen LogP contribution in [0.3, 0.4) is 0 Å². The summed E-state index contributed by atoms with van der Waals surface area (Å²) < 4.78 is 34.3. The van der Waals surface area contributed by atoms with E-state index in [-0.39, 0.29) is 29.6 Å². The number of amides is 2. The molecule has 164 valence electrons. The van der Waals surface area contributed by atoms with Gasteiger partial charge in [0.05, 0.1) is 7.11 Å². The van der Waals surface area contributed by atoms with Crippen LogP contribution in [0.15, 0.2) is 51.8 Å². The summed E-state index contributed by atoms with van der Waals surface area (Å²) >= 11 is 3.30. The molecule has 0 atom stereocenters. The number of methoxy groups -OCH3 is 1. The number of primary amides is 1. The average molecular weight is 509 g/mol. The number of carbonyl (C=O) groups excluding carboxylic acids is 2. The van der Waals surface area contributed by atoms with Gasteiger partial charge in [-0.05, 0) is 42.5 Å². The number of ether oxygens (including phenoxy) is 1. The number of nitrogens with zero attached hydrogens (tertiary/aromatic N) is 1. The second-order valence-electron chi connectivity index (χ2n) is 6.65. The highest BCUT2D eigenvalue weighted by Gasteiger charge is 2.27. The zero-order chi connectivity index (χ0) is 22.8. The molecular formula is C20H21BrN4O5S. The Labute approximate surface area is 187 Å².